The maximum Gasteiger partial charge on any atom is 0.321 e. The molecule has 0 spiro atoms. The minimum absolute atomic E-state index is 0.0850. The molecule has 1 aromatic rings. The first-order chi connectivity index (χ1) is 12.1. The van der Waals surface area contributed by atoms with E-state index in [9.17, 15) is 9.59 Å². The molecule has 1 aliphatic rings. The van der Waals surface area contributed by atoms with Gasteiger partial charge in [-0.1, -0.05) is 12.1 Å². The molecule has 0 radical (unpaired) electrons. The Morgan fingerprint density at radius 2 is 1.96 bits per heavy atom. The van der Waals surface area contributed by atoms with Gasteiger partial charge in [-0.3, -0.25) is 4.79 Å². The van der Waals surface area contributed by atoms with Gasteiger partial charge in [0.1, 0.15) is 12.4 Å². The highest BCUT2D eigenvalue weighted by Gasteiger charge is 2.23. The molecule has 0 unspecified atom stereocenters. The molecule has 0 bridgehead atoms. The first-order valence-corrected chi connectivity index (χ1v) is 8.67. The topological polar surface area (TPSA) is 79.9 Å². The summed E-state index contributed by atoms with van der Waals surface area (Å²) in [5.41, 5.74) is 0.667. The smallest absolute Gasteiger partial charge is 0.321 e. The third kappa shape index (κ3) is 5.94. The average molecular weight is 349 g/mol. The standard InChI is InChI=1S/C18H27N3O4/c1-3-25-13-17(22)19-12-14-8-10-21(11-9-14)18(23)20-15-6-4-5-7-16(15)24-2/h4-7,14H,3,8-13H2,1-2H3,(H,19,22)(H,20,23). The maximum atomic E-state index is 12.4. The first kappa shape index (κ1) is 19.1. The number of rotatable bonds is 7. The number of likely N-dealkylation sites (tertiary alicyclic amines) is 1. The van der Waals surface area contributed by atoms with Gasteiger partial charge in [0.15, 0.2) is 0 Å². The van der Waals surface area contributed by atoms with E-state index >= 15 is 0 Å². The molecular formula is C18H27N3O4. The zero-order valence-electron chi connectivity index (χ0n) is 14.9. The summed E-state index contributed by atoms with van der Waals surface area (Å²) in [5.74, 6) is 0.946. The quantitative estimate of drug-likeness (QED) is 0.790. The summed E-state index contributed by atoms with van der Waals surface area (Å²) in [6.45, 7) is 4.48. The van der Waals surface area contributed by atoms with Crippen LogP contribution < -0.4 is 15.4 Å². The van der Waals surface area contributed by atoms with Crippen molar-refractivity contribution in [1.82, 2.24) is 10.2 Å². The van der Waals surface area contributed by atoms with Crippen LogP contribution >= 0.6 is 0 Å². The molecular weight excluding hydrogens is 322 g/mol. The van der Waals surface area contributed by atoms with E-state index in [0.29, 0.717) is 43.6 Å². The fourth-order valence-corrected chi connectivity index (χ4v) is 2.79. The Labute approximate surface area is 148 Å². The van der Waals surface area contributed by atoms with Crippen LogP contribution in [0.2, 0.25) is 0 Å². The van der Waals surface area contributed by atoms with Crippen LogP contribution in [0, 0.1) is 5.92 Å². The zero-order valence-corrected chi connectivity index (χ0v) is 14.9. The molecule has 0 atom stereocenters. The largest absolute Gasteiger partial charge is 0.495 e. The van der Waals surface area contributed by atoms with Gasteiger partial charge in [-0.15, -0.1) is 0 Å². The fraction of sp³-hybridized carbons (Fsp3) is 0.556. The summed E-state index contributed by atoms with van der Waals surface area (Å²) >= 11 is 0. The molecule has 25 heavy (non-hydrogen) atoms. The number of hydrogen-bond acceptors (Lipinski definition) is 4. The molecule has 138 valence electrons. The number of benzene rings is 1. The minimum Gasteiger partial charge on any atom is -0.495 e. The molecule has 1 saturated heterocycles. The van der Waals surface area contributed by atoms with Gasteiger partial charge in [0, 0.05) is 26.2 Å². The highest BCUT2D eigenvalue weighted by Crippen LogP contribution is 2.24. The summed E-state index contributed by atoms with van der Waals surface area (Å²) in [5, 5.41) is 5.78. The zero-order chi connectivity index (χ0) is 18.1. The molecule has 3 amide bonds. The molecule has 0 aliphatic carbocycles. The SMILES string of the molecule is CCOCC(=O)NCC1CCN(C(=O)Nc2ccccc2OC)CC1. The number of piperidine rings is 1. The van der Waals surface area contributed by atoms with Crippen LogP contribution in [-0.4, -0.2) is 56.8 Å². The Morgan fingerprint density at radius 3 is 2.64 bits per heavy atom. The van der Waals surface area contributed by atoms with Gasteiger partial charge in [-0.05, 0) is 37.8 Å². The van der Waals surface area contributed by atoms with Gasteiger partial charge < -0.3 is 25.0 Å². The number of amides is 3. The summed E-state index contributed by atoms with van der Waals surface area (Å²) < 4.78 is 10.3. The van der Waals surface area contributed by atoms with Crippen LogP contribution in [0.15, 0.2) is 24.3 Å². The Bertz CT molecular complexity index is 571. The van der Waals surface area contributed by atoms with Gasteiger partial charge in [0.2, 0.25) is 5.91 Å². The number of nitrogens with zero attached hydrogens (tertiary/aromatic N) is 1. The van der Waals surface area contributed by atoms with E-state index in [1.165, 1.54) is 0 Å². The fourth-order valence-electron chi connectivity index (χ4n) is 2.79. The van der Waals surface area contributed by atoms with Crippen LogP contribution in [0.1, 0.15) is 19.8 Å². The molecule has 1 aliphatic heterocycles. The number of urea groups is 1. The number of carbonyl (C=O) groups is 2. The average Bonchev–Trinajstić information content (AvgIpc) is 2.65. The van der Waals surface area contributed by atoms with E-state index in [4.69, 9.17) is 9.47 Å². The van der Waals surface area contributed by atoms with Crippen LogP contribution in [0.3, 0.4) is 0 Å². The van der Waals surface area contributed by atoms with E-state index < -0.39 is 0 Å². The van der Waals surface area contributed by atoms with E-state index in [0.717, 1.165) is 12.8 Å². The van der Waals surface area contributed by atoms with Gasteiger partial charge in [-0.2, -0.15) is 0 Å². The Kier molecular flexibility index (Phi) is 7.53. The molecule has 0 aromatic heterocycles. The Hall–Kier alpha value is -2.28. The molecule has 7 heteroatoms. The summed E-state index contributed by atoms with van der Waals surface area (Å²) in [4.78, 5) is 25.8. The van der Waals surface area contributed by atoms with Crippen molar-refractivity contribution in [2.75, 3.05) is 45.3 Å². The van der Waals surface area contributed by atoms with Gasteiger partial charge in [-0.25, -0.2) is 4.79 Å². The number of hydrogen-bond donors (Lipinski definition) is 2. The highest BCUT2D eigenvalue weighted by atomic mass is 16.5. The lowest BCUT2D eigenvalue weighted by Crippen LogP contribution is -2.43. The van der Waals surface area contributed by atoms with Crippen molar-refractivity contribution in [3.63, 3.8) is 0 Å². The minimum atomic E-state index is -0.122. The molecule has 1 heterocycles. The van der Waals surface area contributed by atoms with Crippen LogP contribution in [-0.2, 0) is 9.53 Å². The van der Waals surface area contributed by atoms with Crippen LogP contribution in [0.4, 0.5) is 10.5 Å². The van der Waals surface area contributed by atoms with E-state index in [2.05, 4.69) is 10.6 Å². The van der Waals surface area contributed by atoms with Crippen molar-refractivity contribution in [1.29, 1.82) is 0 Å². The lowest BCUT2D eigenvalue weighted by Gasteiger charge is -2.32. The van der Waals surface area contributed by atoms with Crippen molar-refractivity contribution < 1.29 is 19.1 Å². The monoisotopic (exact) mass is 349 g/mol. The molecule has 2 N–H and O–H groups in total. The van der Waals surface area contributed by atoms with Gasteiger partial charge in [0.25, 0.3) is 0 Å². The van der Waals surface area contributed by atoms with Crippen molar-refractivity contribution in [2.45, 2.75) is 19.8 Å². The van der Waals surface area contributed by atoms with Crippen LogP contribution in [0.5, 0.6) is 5.75 Å². The number of para-hydroxylation sites is 2. The highest BCUT2D eigenvalue weighted by molar-refractivity contribution is 5.91. The van der Waals surface area contributed by atoms with Gasteiger partial charge >= 0.3 is 6.03 Å². The second kappa shape index (κ2) is 9.88. The first-order valence-electron chi connectivity index (χ1n) is 8.67. The third-order valence-electron chi connectivity index (χ3n) is 4.28. The molecule has 1 fully saturated rings. The van der Waals surface area contributed by atoms with Crippen molar-refractivity contribution in [2.24, 2.45) is 5.92 Å². The van der Waals surface area contributed by atoms with Crippen molar-refractivity contribution in [3.05, 3.63) is 24.3 Å². The predicted octanol–water partition coefficient (Wildman–Crippen LogP) is 2.09. The summed E-state index contributed by atoms with van der Waals surface area (Å²) in [6.07, 6.45) is 1.74. The third-order valence-corrected chi connectivity index (χ3v) is 4.28. The lowest BCUT2D eigenvalue weighted by molar-refractivity contribution is -0.125. The van der Waals surface area contributed by atoms with Crippen molar-refractivity contribution >= 4 is 17.6 Å². The van der Waals surface area contributed by atoms with Gasteiger partial charge in [0.05, 0.1) is 12.8 Å². The number of nitrogens with one attached hydrogen (secondary N) is 2. The number of carbonyl (C=O) groups excluding carboxylic acids is 2. The number of anilines is 1. The van der Waals surface area contributed by atoms with Crippen LogP contribution in [0.25, 0.3) is 0 Å². The second-order valence-electron chi connectivity index (χ2n) is 6.00. The Balaban J connectivity index is 1.74. The molecule has 7 nitrogen and oxygen atoms in total. The van der Waals surface area contributed by atoms with E-state index in [-0.39, 0.29) is 18.5 Å². The maximum absolute atomic E-state index is 12.4. The van der Waals surface area contributed by atoms with Crippen molar-refractivity contribution in [3.8, 4) is 5.75 Å². The molecule has 2 rings (SSSR count). The van der Waals surface area contributed by atoms with E-state index in [1.807, 2.05) is 31.2 Å². The molecule has 1 aromatic carbocycles. The second-order valence-corrected chi connectivity index (χ2v) is 6.00. The number of ether oxygens (including phenoxy) is 2. The predicted molar refractivity (Wildman–Crippen MR) is 95.8 cm³/mol. The van der Waals surface area contributed by atoms with E-state index in [1.54, 1.807) is 12.0 Å². The molecule has 0 saturated carbocycles. The Morgan fingerprint density at radius 1 is 1.24 bits per heavy atom. The number of methoxy groups -OCH3 is 1. The lowest BCUT2D eigenvalue weighted by atomic mass is 9.97. The normalized spacial score (nSPS) is 14.9. The summed E-state index contributed by atoms with van der Waals surface area (Å²) in [7, 11) is 1.58. The summed E-state index contributed by atoms with van der Waals surface area (Å²) in [6, 6.07) is 7.22.